The van der Waals surface area contributed by atoms with Gasteiger partial charge in [0.15, 0.2) is 17.5 Å². The van der Waals surface area contributed by atoms with Crippen LogP contribution in [0.15, 0.2) is 12.1 Å². The summed E-state index contributed by atoms with van der Waals surface area (Å²) in [6.45, 7) is 0.992. The zero-order chi connectivity index (χ0) is 14.1. The predicted molar refractivity (Wildman–Crippen MR) is 66.6 cm³/mol. The van der Waals surface area contributed by atoms with Gasteiger partial charge in [0.2, 0.25) is 0 Å². The molecule has 0 unspecified atom stereocenters. The van der Waals surface area contributed by atoms with Crippen molar-refractivity contribution in [1.29, 1.82) is 0 Å². The van der Waals surface area contributed by atoms with Gasteiger partial charge in [0.1, 0.15) is 11.6 Å². The summed E-state index contributed by atoms with van der Waals surface area (Å²) in [5.74, 6) is -1.59. The predicted octanol–water partition coefficient (Wildman–Crippen LogP) is 2.64. The molecule has 1 N–H and O–H groups in total. The fraction of sp³-hybridized carbons (Fsp3) is 0.385. The monoisotopic (exact) mass is 282 g/mol. The first-order chi connectivity index (χ1) is 9.65. The van der Waals surface area contributed by atoms with Gasteiger partial charge in [-0.25, -0.2) is 13.2 Å². The van der Waals surface area contributed by atoms with Crippen LogP contribution in [0.1, 0.15) is 24.5 Å². The lowest BCUT2D eigenvalue weighted by Crippen LogP contribution is -2.15. The van der Waals surface area contributed by atoms with E-state index >= 15 is 0 Å². The lowest BCUT2D eigenvalue weighted by atomic mass is 10.2. The molecule has 7 heteroatoms. The average Bonchev–Trinajstić information content (AvgIpc) is 2.84. The summed E-state index contributed by atoms with van der Waals surface area (Å²) < 4.78 is 41.6. The lowest BCUT2D eigenvalue weighted by Gasteiger charge is -2.15. The van der Waals surface area contributed by atoms with Crippen LogP contribution in [-0.4, -0.2) is 14.8 Å². The van der Waals surface area contributed by atoms with Crippen molar-refractivity contribution in [3.8, 4) is 0 Å². The highest BCUT2D eigenvalue weighted by atomic mass is 19.2. The molecule has 0 saturated heterocycles. The van der Waals surface area contributed by atoms with E-state index in [0.29, 0.717) is 11.9 Å². The molecule has 0 radical (unpaired) electrons. The quantitative estimate of drug-likeness (QED) is 0.880. The van der Waals surface area contributed by atoms with Gasteiger partial charge in [-0.3, -0.25) is 0 Å². The topological polar surface area (TPSA) is 42.7 Å². The molecule has 1 aliphatic heterocycles. The first kappa shape index (κ1) is 13.0. The second-order valence-corrected chi connectivity index (χ2v) is 4.74. The van der Waals surface area contributed by atoms with Crippen LogP contribution in [0.2, 0.25) is 0 Å². The molecule has 0 atom stereocenters. The molecule has 0 amide bonds. The van der Waals surface area contributed by atoms with Crippen LogP contribution in [0.25, 0.3) is 0 Å². The zero-order valence-corrected chi connectivity index (χ0v) is 10.7. The minimum atomic E-state index is -1.21. The van der Waals surface area contributed by atoms with Gasteiger partial charge in [0, 0.05) is 25.1 Å². The van der Waals surface area contributed by atoms with Gasteiger partial charge in [-0.2, -0.15) is 0 Å². The molecule has 20 heavy (non-hydrogen) atoms. The van der Waals surface area contributed by atoms with Crippen LogP contribution >= 0.6 is 0 Å². The van der Waals surface area contributed by atoms with Gasteiger partial charge in [0.25, 0.3) is 0 Å². The summed E-state index contributed by atoms with van der Waals surface area (Å²) in [5.41, 5.74) is -0.212. The van der Waals surface area contributed by atoms with Crippen molar-refractivity contribution in [3.63, 3.8) is 0 Å². The van der Waals surface area contributed by atoms with Crippen LogP contribution in [-0.2, 0) is 19.5 Å². The van der Waals surface area contributed by atoms with Crippen LogP contribution in [0.5, 0.6) is 0 Å². The van der Waals surface area contributed by atoms with Gasteiger partial charge >= 0.3 is 0 Å². The Hall–Kier alpha value is -2.05. The molecule has 0 bridgehead atoms. The van der Waals surface area contributed by atoms with Gasteiger partial charge < -0.3 is 9.88 Å². The molecule has 0 aliphatic carbocycles. The molecule has 2 aromatic rings. The highest BCUT2D eigenvalue weighted by Crippen LogP contribution is 2.20. The smallest absolute Gasteiger partial charge is 0.182 e. The first-order valence-electron chi connectivity index (χ1n) is 6.44. The number of rotatable bonds is 3. The fourth-order valence-corrected chi connectivity index (χ4v) is 2.36. The summed E-state index contributed by atoms with van der Waals surface area (Å²) >= 11 is 0. The molecule has 106 valence electrons. The Kier molecular flexibility index (Phi) is 3.33. The highest BCUT2D eigenvalue weighted by Gasteiger charge is 2.16. The van der Waals surface area contributed by atoms with E-state index in [-0.39, 0.29) is 12.2 Å². The Balaban J connectivity index is 1.78. The SMILES string of the molecule is Fc1cc(F)c(F)c(NCc2nnc3n2CCCC3)c1. The normalized spacial score (nSPS) is 14.2. The second-order valence-electron chi connectivity index (χ2n) is 4.74. The van der Waals surface area contributed by atoms with Gasteiger partial charge in [0.05, 0.1) is 12.2 Å². The lowest BCUT2D eigenvalue weighted by molar-refractivity contribution is 0.495. The number of benzene rings is 1. The molecule has 1 aromatic carbocycles. The van der Waals surface area contributed by atoms with E-state index in [1.54, 1.807) is 0 Å². The van der Waals surface area contributed by atoms with E-state index in [4.69, 9.17) is 0 Å². The number of aryl methyl sites for hydroxylation is 1. The van der Waals surface area contributed by atoms with E-state index in [2.05, 4.69) is 15.5 Å². The molecule has 0 saturated carbocycles. The Morgan fingerprint density at radius 2 is 2.00 bits per heavy atom. The summed E-state index contributed by atoms with van der Waals surface area (Å²) in [7, 11) is 0. The standard InChI is InChI=1S/C13H13F3N4/c14-8-5-9(15)13(16)10(6-8)17-7-12-19-18-11-3-1-2-4-20(11)12/h5-6,17H,1-4,7H2. The fourth-order valence-electron chi connectivity index (χ4n) is 2.36. The van der Waals surface area contributed by atoms with Crippen molar-refractivity contribution in [2.24, 2.45) is 0 Å². The number of nitrogens with zero attached hydrogens (tertiary/aromatic N) is 3. The summed E-state index contributed by atoms with van der Waals surface area (Å²) in [4.78, 5) is 0. The van der Waals surface area contributed by atoms with Crippen molar-refractivity contribution >= 4 is 5.69 Å². The highest BCUT2D eigenvalue weighted by molar-refractivity contribution is 5.45. The number of hydrogen-bond acceptors (Lipinski definition) is 3. The van der Waals surface area contributed by atoms with Gasteiger partial charge in [-0.05, 0) is 12.8 Å². The maximum atomic E-state index is 13.5. The molecular weight excluding hydrogens is 269 g/mol. The van der Waals surface area contributed by atoms with E-state index < -0.39 is 17.5 Å². The third-order valence-electron chi connectivity index (χ3n) is 3.37. The Morgan fingerprint density at radius 1 is 1.15 bits per heavy atom. The third kappa shape index (κ3) is 2.35. The Morgan fingerprint density at radius 3 is 2.85 bits per heavy atom. The maximum absolute atomic E-state index is 13.5. The van der Waals surface area contributed by atoms with Crippen LogP contribution < -0.4 is 5.32 Å². The van der Waals surface area contributed by atoms with Crippen LogP contribution in [0, 0.1) is 17.5 Å². The van der Waals surface area contributed by atoms with Crippen LogP contribution in [0.3, 0.4) is 0 Å². The molecule has 4 nitrogen and oxygen atoms in total. The van der Waals surface area contributed by atoms with E-state index in [1.807, 2.05) is 4.57 Å². The average molecular weight is 282 g/mol. The van der Waals surface area contributed by atoms with E-state index in [1.165, 1.54) is 0 Å². The van der Waals surface area contributed by atoms with Crippen molar-refractivity contribution < 1.29 is 13.2 Å². The van der Waals surface area contributed by atoms with Crippen molar-refractivity contribution in [2.45, 2.75) is 32.4 Å². The molecule has 2 heterocycles. The number of nitrogens with one attached hydrogen (secondary N) is 1. The molecular formula is C13H13F3N4. The molecule has 0 fully saturated rings. The minimum absolute atomic E-state index is 0.173. The molecule has 0 spiro atoms. The van der Waals surface area contributed by atoms with E-state index in [9.17, 15) is 13.2 Å². The Labute approximate surface area is 113 Å². The Bertz CT molecular complexity index is 639. The van der Waals surface area contributed by atoms with Gasteiger partial charge in [-0.15, -0.1) is 10.2 Å². The summed E-state index contributed by atoms with van der Waals surface area (Å²) in [5, 5.41) is 10.8. The summed E-state index contributed by atoms with van der Waals surface area (Å²) in [6, 6.07) is 1.44. The maximum Gasteiger partial charge on any atom is 0.182 e. The molecule has 3 rings (SSSR count). The number of aromatic nitrogens is 3. The number of halogens is 3. The van der Waals surface area contributed by atoms with Crippen molar-refractivity contribution in [2.75, 3.05) is 5.32 Å². The summed E-state index contributed by atoms with van der Waals surface area (Å²) in [6.07, 6.45) is 2.99. The molecule has 1 aliphatic rings. The minimum Gasteiger partial charge on any atom is -0.375 e. The third-order valence-corrected chi connectivity index (χ3v) is 3.37. The van der Waals surface area contributed by atoms with Crippen molar-refractivity contribution in [3.05, 3.63) is 41.2 Å². The van der Waals surface area contributed by atoms with Gasteiger partial charge in [-0.1, -0.05) is 0 Å². The largest absolute Gasteiger partial charge is 0.375 e. The van der Waals surface area contributed by atoms with E-state index in [0.717, 1.165) is 37.7 Å². The number of hydrogen-bond donors (Lipinski definition) is 1. The number of anilines is 1. The van der Waals surface area contributed by atoms with Crippen LogP contribution in [0.4, 0.5) is 18.9 Å². The zero-order valence-electron chi connectivity index (χ0n) is 10.7. The van der Waals surface area contributed by atoms with Crippen molar-refractivity contribution in [1.82, 2.24) is 14.8 Å². The first-order valence-corrected chi connectivity index (χ1v) is 6.44. The number of fused-ring (bicyclic) bond motifs is 1. The second kappa shape index (κ2) is 5.15. The molecule has 1 aromatic heterocycles.